The maximum atomic E-state index is 13.0. The molecule has 1 N–H and O–H groups in total. The van der Waals surface area contributed by atoms with Gasteiger partial charge in [0.25, 0.3) is 5.91 Å². The zero-order chi connectivity index (χ0) is 16.7. The third kappa shape index (κ3) is 2.61. The monoisotopic (exact) mass is 343 g/mol. The van der Waals surface area contributed by atoms with E-state index < -0.39 is 12.0 Å². The van der Waals surface area contributed by atoms with Gasteiger partial charge < -0.3 is 14.7 Å². The third-order valence-corrected chi connectivity index (χ3v) is 5.86. The van der Waals surface area contributed by atoms with E-state index in [9.17, 15) is 14.7 Å². The summed E-state index contributed by atoms with van der Waals surface area (Å²) < 4.78 is 5.43. The molecule has 0 spiro atoms. The Bertz CT molecular complexity index is 790. The zero-order valence-electron chi connectivity index (χ0n) is 13.0. The minimum atomic E-state index is -0.956. The summed E-state index contributed by atoms with van der Waals surface area (Å²) in [5.41, 5.74) is 3.08. The lowest BCUT2D eigenvalue weighted by Crippen LogP contribution is -2.48. The molecule has 1 aromatic heterocycles. The Balaban J connectivity index is 1.67. The molecule has 1 amide bonds. The maximum Gasteiger partial charge on any atom is 0.326 e. The van der Waals surface area contributed by atoms with E-state index in [4.69, 9.17) is 4.74 Å². The topological polar surface area (TPSA) is 66.8 Å². The highest BCUT2D eigenvalue weighted by Gasteiger charge is 2.35. The van der Waals surface area contributed by atoms with Gasteiger partial charge in [-0.3, -0.25) is 4.79 Å². The van der Waals surface area contributed by atoms with Crippen LogP contribution in [0, 0.1) is 0 Å². The van der Waals surface area contributed by atoms with E-state index in [1.54, 1.807) is 0 Å². The number of fused-ring (bicyclic) bond motifs is 2. The van der Waals surface area contributed by atoms with Gasteiger partial charge >= 0.3 is 5.97 Å². The first-order valence-corrected chi connectivity index (χ1v) is 8.75. The number of rotatable bonds is 2. The first kappa shape index (κ1) is 15.4. The first-order chi connectivity index (χ1) is 11.6. The normalized spacial score (nSPS) is 19.5. The summed E-state index contributed by atoms with van der Waals surface area (Å²) in [7, 11) is 0. The van der Waals surface area contributed by atoms with Crippen molar-refractivity contribution in [2.45, 2.75) is 32.0 Å². The van der Waals surface area contributed by atoms with Crippen molar-refractivity contribution in [2.75, 3.05) is 6.61 Å². The predicted molar refractivity (Wildman–Crippen MR) is 89.1 cm³/mol. The Kier molecular flexibility index (Phi) is 3.86. The molecule has 124 valence electrons. The van der Waals surface area contributed by atoms with Crippen molar-refractivity contribution < 1.29 is 19.4 Å². The number of thiophene rings is 1. The van der Waals surface area contributed by atoms with Gasteiger partial charge in [-0.25, -0.2) is 4.79 Å². The zero-order valence-corrected chi connectivity index (χ0v) is 13.8. The molecule has 2 aliphatic rings. The number of nitrogens with zero attached hydrogens (tertiary/aromatic N) is 1. The van der Waals surface area contributed by atoms with Crippen LogP contribution in [0.15, 0.2) is 30.3 Å². The second-order valence-electron chi connectivity index (χ2n) is 6.12. The molecule has 4 rings (SSSR count). The van der Waals surface area contributed by atoms with Crippen molar-refractivity contribution in [3.8, 4) is 0 Å². The van der Waals surface area contributed by atoms with Gasteiger partial charge in [0.15, 0.2) is 0 Å². The lowest BCUT2D eigenvalue weighted by Gasteiger charge is -2.34. The summed E-state index contributed by atoms with van der Waals surface area (Å²) >= 11 is 1.47. The van der Waals surface area contributed by atoms with E-state index >= 15 is 0 Å². The number of benzene rings is 1. The highest BCUT2D eigenvalue weighted by Crippen LogP contribution is 2.31. The molecule has 0 saturated carbocycles. The molecule has 0 saturated heterocycles. The molecular weight excluding hydrogens is 326 g/mol. The van der Waals surface area contributed by atoms with Crippen molar-refractivity contribution >= 4 is 23.2 Å². The molecule has 0 radical (unpaired) electrons. The third-order valence-electron chi connectivity index (χ3n) is 4.63. The van der Waals surface area contributed by atoms with Crippen molar-refractivity contribution in [1.82, 2.24) is 4.90 Å². The van der Waals surface area contributed by atoms with Crippen LogP contribution in [0.2, 0.25) is 0 Å². The van der Waals surface area contributed by atoms with Crippen LogP contribution >= 0.6 is 11.3 Å². The average molecular weight is 343 g/mol. The molecule has 2 aromatic rings. The number of carboxylic acids is 1. The number of carbonyl (C=O) groups excluding carboxylic acids is 1. The van der Waals surface area contributed by atoms with Crippen LogP contribution in [0.4, 0.5) is 0 Å². The molecule has 3 heterocycles. The molecule has 1 aromatic carbocycles. The lowest BCUT2D eigenvalue weighted by atomic mass is 9.94. The van der Waals surface area contributed by atoms with Crippen molar-refractivity contribution in [2.24, 2.45) is 0 Å². The summed E-state index contributed by atoms with van der Waals surface area (Å²) in [4.78, 5) is 27.9. The van der Waals surface area contributed by atoms with Gasteiger partial charge in [-0.05, 0) is 22.8 Å². The number of ether oxygens (including phenoxy) is 1. The van der Waals surface area contributed by atoms with Crippen LogP contribution in [0.3, 0.4) is 0 Å². The molecule has 24 heavy (non-hydrogen) atoms. The number of amides is 1. The Morgan fingerprint density at radius 1 is 1.21 bits per heavy atom. The predicted octanol–water partition coefficient (Wildman–Crippen LogP) is 2.47. The molecule has 0 bridgehead atoms. The largest absolute Gasteiger partial charge is 0.480 e. The van der Waals surface area contributed by atoms with Gasteiger partial charge in [0, 0.05) is 24.3 Å². The molecule has 6 heteroatoms. The minimum absolute atomic E-state index is 0.198. The first-order valence-electron chi connectivity index (χ1n) is 7.93. The smallest absolute Gasteiger partial charge is 0.326 e. The van der Waals surface area contributed by atoms with E-state index in [1.807, 2.05) is 30.3 Å². The van der Waals surface area contributed by atoms with Crippen LogP contribution in [-0.4, -0.2) is 34.5 Å². The van der Waals surface area contributed by atoms with E-state index in [-0.39, 0.29) is 5.91 Å². The summed E-state index contributed by atoms with van der Waals surface area (Å²) in [5, 5.41) is 9.58. The van der Waals surface area contributed by atoms with Gasteiger partial charge in [-0.1, -0.05) is 24.3 Å². The summed E-state index contributed by atoms with van der Waals surface area (Å²) in [6, 6.07) is 8.77. The van der Waals surface area contributed by atoms with Crippen LogP contribution in [0.1, 0.15) is 31.2 Å². The molecule has 1 unspecified atom stereocenters. The van der Waals surface area contributed by atoms with Crippen molar-refractivity contribution in [1.29, 1.82) is 0 Å². The van der Waals surface area contributed by atoms with Crippen LogP contribution in [0.25, 0.3) is 0 Å². The Morgan fingerprint density at radius 3 is 2.75 bits per heavy atom. The SMILES string of the molecule is O=C(O)C1Cc2ccccc2CN1C(=O)c1cc2c(s1)CCOC2. The quantitative estimate of drug-likeness (QED) is 0.910. The molecular formula is C18H17NO4S. The van der Waals surface area contributed by atoms with E-state index in [0.29, 0.717) is 31.1 Å². The highest BCUT2D eigenvalue weighted by atomic mass is 32.1. The van der Waals surface area contributed by atoms with Gasteiger partial charge in [-0.2, -0.15) is 0 Å². The van der Waals surface area contributed by atoms with Crippen LogP contribution in [0.5, 0.6) is 0 Å². The Labute approximate surface area is 143 Å². The fraction of sp³-hybridized carbons (Fsp3) is 0.333. The average Bonchev–Trinajstić information content (AvgIpc) is 3.04. The Morgan fingerprint density at radius 2 is 2.00 bits per heavy atom. The van der Waals surface area contributed by atoms with E-state index in [0.717, 1.165) is 23.1 Å². The molecule has 2 aliphatic heterocycles. The minimum Gasteiger partial charge on any atom is -0.480 e. The Hall–Kier alpha value is -2.18. The second kappa shape index (κ2) is 6.03. The van der Waals surface area contributed by atoms with Gasteiger partial charge in [0.1, 0.15) is 6.04 Å². The second-order valence-corrected chi connectivity index (χ2v) is 7.26. The molecule has 1 atom stereocenters. The molecule has 5 nitrogen and oxygen atoms in total. The summed E-state index contributed by atoms with van der Waals surface area (Å²) in [5.74, 6) is -1.15. The maximum absolute atomic E-state index is 13.0. The van der Waals surface area contributed by atoms with Crippen molar-refractivity contribution in [3.63, 3.8) is 0 Å². The number of carboxylic acid groups (broad SMARTS) is 1. The van der Waals surface area contributed by atoms with E-state index in [1.165, 1.54) is 21.1 Å². The number of hydrogen-bond acceptors (Lipinski definition) is 4. The number of hydrogen-bond donors (Lipinski definition) is 1. The van der Waals surface area contributed by atoms with E-state index in [2.05, 4.69) is 0 Å². The summed E-state index contributed by atoms with van der Waals surface area (Å²) in [6.45, 7) is 1.55. The van der Waals surface area contributed by atoms with Gasteiger partial charge in [-0.15, -0.1) is 11.3 Å². The van der Waals surface area contributed by atoms with Crippen molar-refractivity contribution in [3.05, 3.63) is 56.8 Å². The number of aliphatic carboxylic acids is 1. The van der Waals surface area contributed by atoms with Crippen LogP contribution in [-0.2, 0) is 35.5 Å². The molecule has 0 aliphatic carbocycles. The fourth-order valence-electron chi connectivity index (χ4n) is 3.35. The van der Waals surface area contributed by atoms with Gasteiger partial charge in [0.05, 0.1) is 18.1 Å². The highest BCUT2D eigenvalue weighted by molar-refractivity contribution is 7.14. The van der Waals surface area contributed by atoms with Gasteiger partial charge in [0.2, 0.25) is 0 Å². The standard InChI is InChI=1S/C18H17NO4S/c20-17(16-8-13-10-23-6-5-15(13)24-16)19-9-12-4-2-1-3-11(12)7-14(19)18(21)22/h1-4,8,14H,5-7,9-10H2,(H,21,22). The number of carbonyl (C=O) groups is 2. The lowest BCUT2D eigenvalue weighted by molar-refractivity contribution is -0.142. The fourth-order valence-corrected chi connectivity index (χ4v) is 4.46. The molecule has 0 fully saturated rings. The summed E-state index contributed by atoms with van der Waals surface area (Å²) in [6.07, 6.45) is 1.17. The van der Waals surface area contributed by atoms with Crippen LogP contribution < -0.4 is 0 Å².